The van der Waals surface area contributed by atoms with Gasteiger partial charge in [0, 0.05) is 41.2 Å². The maximum atomic E-state index is 13.2. The van der Waals surface area contributed by atoms with E-state index in [-0.39, 0.29) is 34.7 Å². The minimum atomic E-state index is -0.139. The predicted molar refractivity (Wildman–Crippen MR) is 128 cm³/mol. The molecule has 6 heteroatoms. The number of carbonyl (C=O) groups is 2. The van der Waals surface area contributed by atoms with Gasteiger partial charge >= 0.3 is 0 Å². The summed E-state index contributed by atoms with van der Waals surface area (Å²) in [5, 5.41) is 9.49. The van der Waals surface area contributed by atoms with Gasteiger partial charge in [0.15, 0.2) is 0 Å². The van der Waals surface area contributed by atoms with Gasteiger partial charge in [0.2, 0.25) is 0 Å². The van der Waals surface area contributed by atoms with Gasteiger partial charge in [-0.3, -0.25) is 4.79 Å². The Balaban J connectivity index is 1.32. The van der Waals surface area contributed by atoms with Crippen LogP contribution < -0.4 is 4.74 Å². The van der Waals surface area contributed by atoms with Gasteiger partial charge in [-0.15, -0.1) is 0 Å². The number of Topliss-reactive ketones (excluding diaryl/α,β-unsaturated/α-hetero) is 1. The molecule has 1 aliphatic heterocycles. The number of carbonyl (C=O) groups excluding carboxylic acids is 2. The molecule has 1 saturated heterocycles. The van der Waals surface area contributed by atoms with Crippen molar-refractivity contribution in [2.24, 2.45) is 28.6 Å². The van der Waals surface area contributed by atoms with Crippen LogP contribution in [0.15, 0.2) is 18.2 Å². The Labute approximate surface area is 202 Å². The summed E-state index contributed by atoms with van der Waals surface area (Å²) in [4.78, 5) is 26.6. The Kier molecular flexibility index (Phi) is 6.64. The molecule has 3 fully saturated rings. The molecule has 2 aliphatic carbocycles. The number of piperidine rings is 1. The number of aldehydes is 1. The summed E-state index contributed by atoms with van der Waals surface area (Å²) in [5.74, 6) is 1.69. The first-order chi connectivity index (χ1) is 15.6. The average molecular weight is 471 g/mol. The van der Waals surface area contributed by atoms with Crippen molar-refractivity contribution < 1.29 is 14.3 Å². The third-order valence-corrected chi connectivity index (χ3v) is 9.03. The number of ether oxygens (including phenoxy) is 1. The lowest BCUT2D eigenvalue weighted by Gasteiger charge is -2.63. The molecular formula is C27H35ClN2O3. The lowest BCUT2D eigenvalue weighted by Crippen LogP contribution is -2.66. The fraction of sp³-hybridized carbons (Fsp3) is 0.667. The van der Waals surface area contributed by atoms with Crippen LogP contribution in [0.4, 0.5) is 0 Å². The van der Waals surface area contributed by atoms with Gasteiger partial charge in [0.05, 0.1) is 10.6 Å². The highest BCUT2D eigenvalue weighted by atomic mass is 35.5. The summed E-state index contributed by atoms with van der Waals surface area (Å²) in [6, 6.07) is 7.76. The van der Waals surface area contributed by atoms with Crippen molar-refractivity contribution in [2.45, 2.75) is 71.9 Å². The number of hydrogen-bond acceptors (Lipinski definition) is 5. The molecule has 0 radical (unpaired) electrons. The minimum Gasteiger partial charge on any atom is -0.489 e. The molecule has 0 unspecified atom stereocenters. The topological polar surface area (TPSA) is 70.4 Å². The van der Waals surface area contributed by atoms with Crippen LogP contribution >= 0.6 is 11.6 Å². The van der Waals surface area contributed by atoms with Crippen molar-refractivity contribution in [1.82, 2.24) is 4.90 Å². The highest BCUT2D eigenvalue weighted by molar-refractivity contribution is 6.31. The first-order valence-electron chi connectivity index (χ1n) is 12.2. The highest BCUT2D eigenvalue weighted by Gasteiger charge is 2.63. The summed E-state index contributed by atoms with van der Waals surface area (Å²) in [6.07, 6.45) is 5.48. The summed E-state index contributed by atoms with van der Waals surface area (Å²) in [7, 11) is 0. The van der Waals surface area contributed by atoms with E-state index in [9.17, 15) is 9.59 Å². The van der Waals surface area contributed by atoms with Gasteiger partial charge in [0.1, 0.15) is 30.0 Å². The van der Waals surface area contributed by atoms with Crippen molar-refractivity contribution in [3.05, 3.63) is 28.8 Å². The van der Waals surface area contributed by atoms with E-state index in [1.54, 1.807) is 18.2 Å². The molecule has 2 saturated carbocycles. The second kappa shape index (κ2) is 9.04. The average Bonchev–Trinajstić information content (AvgIpc) is 2.75. The summed E-state index contributed by atoms with van der Waals surface area (Å²) < 4.78 is 6.35. The summed E-state index contributed by atoms with van der Waals surface area (Å²) in [5.41, 5.74) is 0.158. The monoisotopic (exact) mass is 470 g/mol. The zero-order valence-corrected chi connectivity index (χ0v) is 20.9. The van der Waals surface area contributed by atoms with Gasteiger partial charge in [0.25, 0.3) is 0 Å². The van der Waals surface area contributed by atoms with Crippen LogP contribution in [0.25, 0.3) is 0 Å². The molecule has 1 heterocycles. The fourth-order valence-electron chi connectivity index (χ4n) is 6.75. The summed E-state index contributed by atoms with van der Waals surface area (Å²) in [6.45, 7) is 10.7. The largest absolute Gasteiger partial charge is 0.489 e. The Hall–Kier alpha value is -1.90. The van der Waals surface area contributed by atoms with E-state index >= 15 is 0 Å². The van der Waals surface area contributed by atoms with Crippen molar-refractivity contribution in [3.63, 3.8) is 0 Å². The molecular weight excluding hydrogens is 436 g/mol. The van der Waals surface area contributed by atoms with Gasteiger partial charge in [-0.2, -0.15) is 5.26 Å². The first-order valence-corrected chi connectivity index (χ1v) is 12.5. The van der Waals surface area contributed by atoms with Gasteiger partial charge in [-0.25, -0.2) is 0 Å². The maximum absolute atomic E-state index is 13.2. The van der Waals surface area contributed by atoms with Crippen LogP contribution in [0, 0.1) is 39.9 Å². The zero-order valence-electron chi connectivity index (χ0n) is 20.1. The number of hydrogen-bond donors (Lipinski definition) is 0. The highest BCUT2D eigenvalue weighted by Crippen LogP contribution is 2.62. The smallest absolute Gasteiger partial charge is 0.136 e. The molecule has 0 bridgehead atoms. The molecule has 1 aromatic rings. The van der Waals surface area contributed by atoms with E-state index in [0.717, 1.165) is 45.1 Å². The third-order valence-electron chi connectivity index (χ3n) is 8.72. The molecule has 33 heavy (non-hydrogen) atoms. The van der Waals surface area contributed by atoms with Gasteiger partial charge in [-0.1, -0.05) is 39.3 Å². The Morgan fingerprint density at radius 1 is 1.21 bits per heavy atom. The van der Waals surface area contributed by atoms with E-state index < -0.39 is 0 Å². The SMILES string of the molecule is CC1(C)C(CC(=O)C2CC(N3CCC(C=O)CC3)C2)C(C)(C)C1Oc1ccc(C#N)c(Cl)c1. The molecule has 1 aromatic carbocycles. The molecule has 0 amide bonds. The van der Waals surface area contributed by atoms with Gasteiger partial charge < -0.3 is 14.4 Å². The second-order valence-electron chi connectivity index (χ2n) is 11.4. The Bertz CT molecular complexity index is 937. The quantitative estimate of drug-likeness (QED) is 0.506. The fourth-order valence-corrected chi connectivity index (χ4v) is 6.96. The standard InChI is InChI=1S/C27H35ClN2O3/c1-26(2)24(27(3,4)25(26)33-21-6-5-18(15-29)22(28)13-21)14-23(32)19-11-20(12-19)30-9-7-17(16-31)8-10-30/h5-6,13,16-17,19-20,24-25H,7-12,14H2,1-4H3. The molecule has 4 rings (SSSR count). The van der Waals surface area contributed by atoms with E-state index in [4.69, 9.17) is 21.6 Å². The minimum absolute atomic E-state index is 0.0416. The first kappa shape index (κ1) is 24.2. The number of halogens is 1. The summed E-state index contributed by atoms with van der Waals surface area (Å²) >= 11 is 6.19. The second-order valence-corrected chi connectivity index (χ2v) is 11.9. The number of ketones is 1. The van der Waals surface area contributed by atoms with Gasteiger partial charge in [-0.05, 0) is 56.8 Å². The zero-order chi connectivity index (χ0) is 24.0. The van der Waals surface area contributed by atoms with Crippen LogP contribution in [0.5, 0.6) is 5.75 Å². The Morgan fingerprint density at radius 2 is 1.85 bits per heavy atom. The molecule has 0 N–H and O–H groups in total. The van der Waals surface area contributed by atoms with Crippen LogP contribution in [-0.2, 0) is 9.59 Å². The number of nitriles is 1. The van der Waals surface area contributed by atoms with Crippen molar-refractivity contribution in [2.75, 3.05) is 13.1 Å². The lowest BCUT2D eigenvalue weighted by molar-refractivity contribution is -0.202. The predicted octanol–water partition coefficient (Wildman–Crippen LogP) is 5.29. The molecule has 5 nitrogen and oxygen atoms in total. The number of rotatable bonds is 7. The number of benzene rings is 1. The van der Waals surface area contributed by atoms with Crippen molar-refractivity contribution >= 4 is 23.7 Å². The molecule has 3 aliphatic rings. The van der Waals surface area contributed by atoms with E-state index in [1.165, 1.54) is 0 Å². The molecule has 0 atom stereocenters. The van der Waals surface area contributed by atoms with Crippen LogP contribution in [-0.4, -0.2) is 42.2 Å². The number of likely N-dealkylation sites (tertiary alicyclic amines) is 1. The van der Waals surface area contributed by atoms with E-state index in [0.29, 0.717) is 34.6 Å². The third kappa shape index (κ3) is 4.45. The number of nitrogens with zero attached hydrogens (tertiary/aromatic N) is 2. The molecule has 0 aromatic heterocycles. The van der Waals surface area contributed by atoms with Crippen molar-refractivity contribution in [3.8, 4) is 11.8 Å². The van der Waals surface area contributed by atoms with Crippen LogP contribution in [0.3, 0.4) is 0 Å². The van der Waals surface area contributed by atoms with Crippen molar-refractivity contribution in [1.29, 1.82) is 5.26 Å². The van der Waals surface area contributed by atoms with E-state index in [1.807, 2.05) is 0 Å². The van der Waals surface area contributed by atoms with E-state index in [2.05, 4.69) is 38.7 Å². The van der Waals surface area contributed by atoms with Crippen LogP contribution in [0.1, 0.15) is 65.4 Å². The molecule has 0 spiro atoms. The molecule has 178 valence electrons. The Morgan fingerprint density at radius 3 is 2.39 bits per heavy atom. The lowest BCUT2D eigenvalue weighted by atomic mass is 9.44. The maximum Gasteiger partial charge on any atom is 0.136 e. The normalized spacial score (nSPS) is 31.0. The van der Waals surface area contributed by atoms with Crippen LogP contribution in [0.2, 0.25) is 5.02 Å².